The second-order valence-electron chi connectivity index (χ2n) is 5.31. The van der Waals surface area contributed by atoms with Gasteiger partial charge in [0, 0.05) is 32.2 Å². The van der Waals surface area contributed by atoms with E-state index in [-0.39, 0.29) is 6.09 Å². The Labute approximate surface area is 97.5 Å². The Hall–Kier alpha value is -0.810. The number of hydrogen-bond donors (Lipinski definition) is 1. The third-order valence-electron chi connectivity index (χ3n) is 2.62. The van der Waals surface area contributed by atoms with Crippen molar-refractivity contribution in [1.29, 1.82) is 0 Å². The van der Waals surface area contributed by atoms with E-state index in [9.17, 15) is 4.79 Å². The van der Waals surface area contributed by atoms with Crippen LogP contribution in [-0.2, 0) is 4.74 Å². The molecule has 1 fully saturated rings. The van der Waals surface area contributed by atoms with Gasteiger partial charge in [0.15, 0.2) is 0 Å². The first-order valence-corrected chi connectivity index (χ1v) is 5.71. The van der Waals surface area contributed by atoms with E-state index in [1.165, 1.54) is 0 Å². The fourth-order valence-corrected chi connectivity index (χ4v) is 1.60. The summed E-state index contributed by atoms with van der Waals surface area (Å²) in [6, 6.07) is 0.427. The number of nitrogens with zero attached hydrogens (tertiary/aromatic N) is 2. The van der Waals surface area contributed by atoms with Crippen molar-refractivity contribution in [3.05, 3.63) is 0 Å². The number of carbonyl (C=O) groups is 1. The number of likely N-dealkylation sites (N-methyl/N-ethyl adjacent to an activating group) is 1. The summed E-state index contributed by atoms with van der Waals surface area (Å²) in [5.74, 6) is 0. The minimum atomic E-state index is -0.411. The number of likely N-dealkylation sites (tertiary alicyclic amines) is 1. The molecule has 1 amide bonds. The molecule has 0 saturated carbocycles. The van der Waals surface area contributed by atoms with Crippen molar-refractivity contribution >= 4 is 6.09 Å². The monoisotopic (exact) mass is 229 g/mol. The lowest BCUT2D eigenvalue weighted by molar-refractivity contribution is -0.0103. The summed E-state index contributed by atoms with van der Waals surface area (Å²) in [4.78, 5) is 15.5. The number of amides is 1. The molecule has 16 heavy (non-hydrogen) atoms. The Morgan fingerprint density at radius 1 is 1.50 bits per heavy atom. The molecule has 1 rings (SSSR count). The number of ether oxygens (including phenoxy) is 1. The molecule has 1 aliphatic heterocycles. The molecular formula is C11H23N3O2. The first-order chi connectivity index (χ1) is 7.33. The van der Waals surface area contributed by atoms with Crippen LogP contribution >= 0.6 is 0 Å². The lowest BCUT2D eigenvalue weighted by Crippen LogP contribution is -2.61. The number of hydrogen-bond acceptors (Lipinski definition) is 4. The fourth-order valence-electron chi connectivity index (χ4n) is 1.60. The summed E-state index contributed by atoms with van der Waals surface area (Å²) in [6.45, 7) is 8.64. The Balaban J connectivity index is 2.28. The fraction of sp³-hybridized carbons (Fsp3) is 0.909. The number of carbonyl (C=O) groups excluding carboxylic acids is 1. The SMILES string of the molecule is CN(CCN)C1CN(C(=O)OC(C)(C)C)C1. The summed E-state index contributed by atoms with van der Waals surface area (Å²) in [5.41, 5.74) is 5.07. The molecule has 0 aromatic rings. The van der Waals surface area contributed by atoms with E-state index in [0.717, 1.165) is 19.6 Å². The van der Waals surface area contributed by atoms with Gasteiger partial charge in [-0.05, 0) is 27.8 Å². The van der Waals surface area contributed by atoms with Crippen molar-refractivity contribution in [1.82, 2.24) is 9.80 Å². The molecule has 1 aliphatic rings. The molecule has 0 aromatic heterocycles. The predicted molar refractivity (Wildman–Crippen MR) is 63.3 cm³/mol. The Kier molecular flexibility index (Phi) is 4.15. The van der Waals surface area contributed by atoms with Crippen LogP contribution in [0.3, 0.4) is 0 Å². The minimum absolute atomic E-state index is 0.218. The summed E-state index contributed by atoms with van der Waals surface area (Å²) < 4.78 is 5.27. The van der Waals surface area contributed by atoms with E-state index in [2.05, 4.69) is 4.90 Å². The highest BCUT2D eigenvalue weighted by molar-refractivity contribution is 5.69. The average molecular weight is 229 g/mol. The predicted octanol–water partition coefficient (Wildman–Crippen LogP) is 0.496. The standard InChI is InChI=1S/C11H23N3O2/c1-11(2,3)16-10(15)14-7-9(8-14)13(4)6-5-12/h9H,5-8,12H2,1-4H3. The highest BCUT2D eigenvalue weighted by Crippen LogP contribution is 2.17. The van der Waals surface area contributed by atoms with Gasteiger partial charge in [-0.1, -0.05) is 0 Å². The molecule has 5 nitrogen and oxygen atoms in total. The van der Waals surface area contributed by atoms with Crippen molar-refractivity contribution in [2.75, 3.05) is 33.2 Å². The molecule has 0 aliphatic carbocycles. The van der Waals surface area contributed by atoms with Crippen LogP contribution < -0.4 is 5.73 Å². The van der Waals surface area contributed by atoms with Crippen LogP contribution in [0.15, 0.2) is 0 Å². The Morgan fingerprint density at radius 2 is 2.06 bits per heavy atom. The van der Waals surface area contributed by atoms with Crippen molar-refractivity contribution < 1.29 is 9.53 Å². The third-order valence-corrected chi connectivity index (χ3v) is 2.62. The molecule has 5 heteroatoms. The van der Waals surface area contributed by atoms with E-state index >= 15 is 0 Å². The second-order valence-corrected chi connectivity index (χ2v) is 5.31. The minimum Gasteiger partial charge on any atom is -0.444 e. The largest absolute Gasteiger partial charge is 0.444 e. The molecule has 0 bridgehead atoms. The molecule has 94 valence electrons. The maximum atomic E-state index is 11.6. The zero-order chi connectivity index (χ0) is 12.3. The molecule has 1 heterocycles. The van der Waals surface area contributed by atoms with Crippen molar-refractivity contribution in [2.24, 2.45) is 5.73 Å². The van der Waals surface area contributed by atoms with Crippen LogP contribution in [0.25, 0.3) is 0 Å². The van der Waals surface area contributed by atoms with Crippen molar-refractivity contribution in [3.63, 3.8) is 0 Å². The lowest BCUT2D eigenvalue weighted by atomic mass is 10.1. The normalized spacial score (nSPS) is 17.5. The molecular weight excluding hydrogens is 206 g/mol. The summed E-state index contributed by atoms with van der Waals surface area (Å²) in [5, 5.41) is 0. The van der Waals surface area contributed by atoms with Gasteiger partial charge in [-0.2, -0.15) is 0 Å². The first-order valence-electron chi connectivity index (χ1n) is 5.71. The highest BCUT2D eigenvalue weighted by Gasteiger charge is 2.35. The van der Waals surface area contributed by atoms with Crippen LogP contribution in [0.5, 0.6) is 0 Å². The summed E-state index contributed by atoms with van der Waals surface area (Å²) >= 11 is 0. The van der Waals surface area contributed by atoms with E-state index in [4.69, 9.17) is 10.5 Å². The van der Waals surface area contributed by atoms with Crippen LogP contribution in [0.1, 0.15) is 20.8 Å². The highest BCUT2D eigenvalue weighted by atomic mass is 16.6. The Bertz CT molecular complexity index is 244. The van der Waals surface area contributed by atoms with Gasteiger partial charge in [0.2, 0.25) is 0 Å². The molecule has 1 saturated heterocycles. The van der Waals surface area contributed by atoms with Crippen molar-refractivity contribution in [2.45, 2.75) is 32.4 Å². The summed E-state index contributed by atoms with van der Waals surface area (Å²) in [6.07, 6.45) is -0.218. The van der Waals surface area contributed by atoms with E-state index in [1.807, 2.05) is 27.8 Å². The van der Waals surface area contributed by atoms with Crippen LogP contribution in [0, 0.1) is 0 Å². The summed E-state index contributed by atoms with van der Waals surface area (Å²) in [7, 11) is 2.03. The number of rotatable bonds is 3. The molecule has 0 aromatic carbocycles. The molecule has 0 atom stereocenters. The molecule has 0 spiro atoms. The molecule has 0 unspecified atom stereocenters. The van der Waals surface area contributed by atoms with Crippen LogP contribution in [0.2, 0.25) is 0 Å². The maximum absolute atomic E-state index is 11.6. The maximum Gasteiger partial charge on any atom is 0.410 e. The number of nitrogens with two attached hydrogens (primary N) is 1. The average Bonchev–Trinajstić information content (AvgIpc) is 1.97. The quantitative estimate of drug-likeness (QED) is 0.765. The third kappa shape index (κ3) is 3.64. The van der Waals surface area contributed by atoms with E-state index in [0.29, 0.717) is 12.6 Å². The topological polar surface area (TPSA) is 58.8 Å². The van der Waals surface area contributed by atoms with Gasteiger partial charge in [-0.25, -0.2) is 4.79 Å². The van der Waals surface area contributed by atoms with Crippen LogP contribution in [0.4, 0.5) is 4.79 Å². The van der Waals surface area contributed by atoms with E-state index < -0.39 is 5.60 Å². The molecule has 2 N–H and O–H groups in total. The smallest absolute Gasteiger partial charge is 0.410 e. The van der Waals surface area contributed by atoms with Crippen LogP contribution in [-0.4, -0.2) is 60.8 Å². The first kappa shape index (κ1) is 13.3. The lowest BCUT2D eigenvalue weighted by Gasteiger charge is -2.43. The van der Waals surface area contributed by atoms with Gasteiger partial charge in [0.05, 0.1) is 0 Å². The Morgan fingerprint density at radius 3 is 2.50 bits per heavy atom. The van der Waals surface area contributed by atoms with Gasteiger partial charge in [0.25, 0.3) is 0 Å². The zero-order valence-electron chi connectivity index (χ0n) is 10.7. The molecule has 0 radical (unpaired) electrons. The second kappa shape index (κ2) is 5.01. The zero-order valence-corrected chi connectivity index (χ0v) is 10.7. The van der Waals surface area contributed by atoms with Gasteiger partial charge in [-0.15, -0.1) is 0 Å². The van der Waals surface area contributed by atoms with E-state index in [1.54, 1.807) is 4.90 Å². The van der Waals surface area contributed by atoms with Gasteiger partial charge in [0.1, 0.15) is 5.60 Å². The van der Waals surface area contributed by atoms with Gasteiger partial charge < -0.3 is 15.4 Å². The van der Waals surface area contributed by atoms with Gasteiger partial charge >= 0.3 is 6.09 Å². The van der Waals surface area contributed by atoms with Gasteiger partial charge in [-0.3, -0.25) is 4.90 Å². The van der Waals surface area contributed by atoms with Crippen molar-refractivity contribution in [3.8, 4) is 0 Å².